The second-order valence-corrected chi connectivity index (χ2v) is 3.49. The van der Waals surface area contributed by atoms with Gasteiger partial charge in [-0.25, -0.2) is 9.97 Å². The fraction of sp³-hybridized carbons (Fsp3) is 0. The Hall–Kier alpha value is -2.56. The largest absolute Gasteiger partial charge is 0.504 e. The summed E-state index contributed by atoms with van der Waals surface area (Å²) in [7, 11) is 0. The van der Waals surface area contributed by atoms with E-state index in [0.29, 0.717) is 17.3 Å². The molecule has 0 bridgehead atoms. The molecule has 5 nitrogen and oxygen atoms in total. The predicted molar refractivity (Wildman–Crippen MR) is 62.1 cm³/mol. The molecule has 0 amide bonds. The molecule has 0 atom stereocenters. The lowest BCUT2D eigenvalue weighted by Crippen LogP contribution is -1.90. The van der Waals surface area contributed by atoms with Gasteiger partial charge in [0.1, 0.15) is 12.0 Å². The van der Waals surface area contributed by atoms with Gasteiger partial charge in [0.25, 0.3) is 0 Å². The minimum Gasteiger partial charge on any atom is -0.504 e. The van der Waals surface area contributed by atoms with Gasteiger partial charge in [-0.2, -0.15) is 0 Å². The van der Waals surface area contributed by atoms with Gasteiger partial charge < -0.3 is 14.8 Å². The maximum atomic E-state index is 9.62. The number of H-pyrrole nitrogens is 1. The number of nitrogens with one attached hydrogen (secondary N) is 1. The number of phenols is 1. The number of aromatic hydroxyl groups is 1. The SMILES string of the molecule is Oc1ccccc1Oc1ncnc2[nH]ccc12. The average molecular weight is 227 g/mol. The van der Waals surface area contributed by atoms with Gasteiger partial charge in [0.2, 0.25) is 5.88 Å². The average Bonchev–Trinajstić information content (AvgIpc) is 2.81. The zero-order valence-corrected chi connectivity index (χ0v) is 8.79. The number of hydrogen-bond donors (Lipinski definition) is 2. The van der Waals surface area contributed by atoms with Crippen LogP contribution in [0.4, 0.5) is 0 Å². The smallest absolute Gasteiger partial charge is 0.232 e. The second kappa shape index (κ2) is 3.79. The zero-order chi connectivity index (χ0) is 11.7. The van der Waals surface area contributed by atoms with E-state index in [1.165, 1.54) is 6.33 Å². The fourth-order valence-electron chi connectivity index (χ4n) is 1.58. The Morgan fingerprint density at radius 1 is 1.12 bits per heavy atom. The number of benzene rings is 1. The number of aromatic amines is 1. The lowest BCUT2D eigenvalue weighted by molar-refractivity contribution is 0.405. The van der Waals surface area contributed by atoms with E-state index in [1.54, 1.807) is 30.5 Å². The topological polar surface area (TPSA) is 71.0 Å². The first-order valence-corrected chi connectivity index (χ1v) is 5.08. The van der Waals surface area contributed by atoms with Crippen LogP contribution in [0.5, 0.6) is 17.4 Å². The van der Waals surface area contributed by atoms with Crippen LogP contribution in [0.3, 0.4) is 0 Å². The number of para-hydroxylation sites is 2. The van der Waals surface area contributed by atoms with Gasteiger partial charge in [0.05, 0.1) is 5.39 Å². The molecule has 2 aromatic heterocycles. The molecule has 0 saturated carbocycles. The zero-order valence-electron chi connectivity index (χ0n) is 8.79. The van der Waals surface area contributed by atoms with Crippen molar-refractivity contribution in [2.75, 3.05) is 0 Å². The summed E-state index contributed by atoms with van der Waals surface area (Å²) in [6.07, 6.45) is 3.17. The Kier molecular flexibility index (Phi) is 2.15. The third-order valence-corrected chi connectivity index (χ3v) is 2.39. The van der Waals surface area contributed by atoms with Crippen LogP contribution in [-0.2, 0) is 0 Å². The molecule has 0 aliphatic carbocycles. The van der Waals surface area contributed by atoms with E-state index in [-0.39, 0.29) is 5.75 Å². The molecule has 3 rings (SSSR count). The van der Waals surface area contributed by atoms with Crippen molar-refractivity contribution in [2.45, 2.75) is 0 Å². The first kappa shape index (κ1) is 9.65. The third-order valence-electron chi connectivity index (χ3n) is 2.39. The minimum atomic E-state index is 0.0785. The van der Waals surface area contributed by atoms with E-state index in [2.05, 4.69) is 15.0 Å². The van der Waals surface area contributed by atoms with E-state index in [9.17, 15) is 5.11 Å². The van der Waals surface area contributed by atoms with Gasteiger partial charge in [0, 0.05) is 6.20 Å². The van der Waals surface area contributed by atoms with Crippen molar-refractivity contribution in [1.29, 1.82) is 0 Å². The van der Waals surface area contributed by atoms with Crippen LogP contribution < -0.4 is 4.74 Å². The second-order valence-electron chi connectivity index (χ2n) is 3.49. The van der Waals surface area contributed by atoms with E-state index in [4.69, 9.17) is 4.74 Å². The van der Waals surface area contributed by atoms with Crippen LogP contribution in [-0.4, -0.2) is 20.1 Å². The highest BCUT2D eigenvalue weighted by molar-refractivity contribution is 5.80. The lowest BCUT2D eigenvalue weighted by Gasteiger charge is -2.06. The fourth-order valence-corrected chi connectivity index (χ4v) is 1.58. The molecule has 17 heavy (non-hydrogen) atoms. The molecule has 5 heteroatoms. The minimum absolute atomic E-state index is 0.0785. The van der Waals surface area contributed by atoms with Crippen molar-refractivity contribution in [3.05, 3.63) is 42.9 Å². The number of hydrogen-bond acceptors (Lipinski definition) is 4. The molecule has 2 heterocycles. The molecule has 0 saturated heterocycles. The van der Waals surface area contributed by atoms with E-state index >= 15 is 0 Å². The van der Waals surface area contributed by atoms with Crippen LogP contribution in [0, 0.1) is 0 Å². The molecule has 2 N–H and O–H groups in total. The summed E-state index contributed by atoms with van der Waals surface area (Å²) in [5.41, 5.74) is 0.699. The summed E-state index contributed by atoms with van der Waals surface area (Å²) in [6.45, 7) is 0. The number of rotatable bonds is 2. The predicted octanol–water partition coefficient (Wildman–Crippen LogP) is 2.46. The first-order chi connectivity index (χ1) is 8.34. The summed E-state index contributed by atoms with van der Waals surface area (Å²) < 4.78 is 5.56. The number of phenolic OH excluding ortho intramolecular Hbond substituents is 1. The molecule has 1 aromatic carbocycles. The van der Waals surface area contributed by atoms with Gasteiger partial charge in [-0.1, -0.05) is 12.1 Å². The van der Waals surface area contributed by atoms with Gasteiger partial charge in [0.15, 0.2) is 11.5 Å². The van der Waals surface area contributed by atoms with Crippen LogP contribution in [0.2, 0.25) is 0 Å². The molecule has 0 spiro atoms. The van der Waals surface area contributed by atoms with Crippen LogP contribution in [0.25, 0.3) is 11.0 Å². The van der Waals surface area contributed by atoms with Gasteiger partial charge >= 0.3 is 0 Å². The van der Waals surface area contributed by atoms with Crippen LogP contribution >= 0.6 is 0 Å². The molecule has 0 aliphatic rings. The Morgan fingerprint density at radius 3 is 2.88 bits per heavy atom. The highest BCUT2D eigenvalue weighted by Gasteiger charge is 2.08. The van der Waals surface area contributed by atoms with Crippen molar-refractivity contribution in [3.8, 4) is 17.4 Å². The third kappa shape index (κ3) is 1.67. The van der Waals surface area contributed by atoms with Crippen LogP contribution in [0.15, 0.2) is 42.9 Å². The molecule has 84 valence electrons. The number of fused-ring (bicyclic) bond motifs is 1. The van der Waals surface area contributed by atoms with Crippen molar-refractivity contribution < 1.29 is 9.84 Å². The Labute approximate surface area is 96.7 Å². The molecule has 3 aromatic rings. The van der Waals surface area contributed by atoms with Gasteiger partial charge in [-0.15, -0.1) is 0 Å². The quantitative estimate of drug-likeness (QED) is 0.705. The molecule has 0 fully saturated rings. The highest BCUT2D eigenvalue weighted by Crippen LogP contribution is 2.31. The van der Waals surface area contributed by atoms with Crippen LogP contribution in [0.1, 0.15) is 0 Å². The first-order valence-electron chi connectivity index (χ1n) is 5.08. The molecule has 0 aliphatic heterocycles. The molecule has 0 radical (unpaired) electrons. The van der Waals surface area contributed by atoms with Crippen molar-refractivity contribution in [2.24, 2.45) is 0 Å². The molecular weight excluding hydrogens is 218 g/mol. The summed E-state index contributed by atoms with van der Waals surface area (Å²) in [5, 5.41) is 10.4. The maximum absolute atomic E-state index is 9.62. The van der Waals surface area contributed by atoms with E-state index < -0.39 is 0 Å². The summed E-state index contributed by atoms with van der Waals surface area (Å²) in [5.74, 6) is 0.862. The maximum Gasteiger partial charge on any atom is 0.232 e. The molecule has 0 unspecified atom stereocenters. The number of ether oxygens (including phenoxy) is 1. The van der Waals surface area contributed by atoms with Crippen molar-refractivity contribution in [3.63, 3.8) is 0 Å². The lowest BCUT2D eigenvalue weighted by atomic mass is 10.3. The Bertz CT molecular complexity index is 663. The van der Waals surface area contributed by atoms with Gasteiger partial charge in [-0.3, -0.25) is 0 Å². The Balaban J connectivity index is 2.06. The normalized spacial score (nSPS) is 10.6. The monoisotopic (exact) mass is 227 g/mol. The summed E-state index contributed by atoms with van der Waals surface area (Å²) in [6, 6.07) is 8.57. The van der Waals surface area contributed by atoms with Crippen molar-refractivity contribution >= 4 is 11.0 Å². The Morgan fingerprint density at radius 2 is 2.00 bits per heavy atom. The standard InChI is InChI=1S/C12H9N3O2/c16-9-3-1-2-4-10(9)17-12-8-5-6-13-11(8)14-7-15-12/h1-7,16H,(H,13,14,15). The summed E-state index contributed by atoms with van der Waals surface area (Å²) >= 11 is 0. The number of nitrogens with zero attached hydrogens (tertiary/aromatic N) is 2. The van der Waals surface area contributed by atoms with Crippen molar-refractivity contribution in [1.82, 2.24) is 15.0 Å². The molecular formula is C12H9N3O2. The summed E-state index contributed by atoms with van der Waals surface area (Å²) in [4.78, 5) is 11.1. The number of aromatic nitrogens is 3. The highest BCUT2D eigenvalue weighted by atomic mass is 16.5. The van der Waals surface area contributed by atoms with E-state index in [1.807, 2.05) is 6.07 Å². The van der Waals surface area contributed by atoms with Gasteiger partial charge in [-0.05, 0) is 18.2 Å². The van der Waals surface area contributed by atoms with E-state index in [0.717, 1.165) is 5.39 Å².